The van der Waals surface area contributed by atoms with Crippen molar-refractivity contribution in [3.63, 3.8) is 0 Å². The maximum atomic E-state index is 3.69. The molecule has 82 valence electrons. The Morgan fingerprint density at radius 1 is 0.933 bits per heavy atom. The highest BCUT2D eigenvalue weighted by Crippen LogP contribution is 2.15. The van der Waals surface area contributed by atoms with Gasteiger partial charge in [0.1, 0.15) is 0 Å². The van der Waals surface area contributed by atoms with E-state index in [9.17, 15) is 0 Å². The quantitative estimate of drug-likeness (QED) is 0.602. The molecular formula is C15H22. The molecular weight excluding hydrogens is 180 g/mol. The average molecular weight is 202 g/mol. The first kappa shape index (κ1) is 12.0. The highest BCUT2D eigenvalue weighted by molar-refractivity contribution is 5.50. The van der Waals surface area contributed by atoms with Gasteiger partial charge in [-0.15, -0.1) is 0 Å². The molecule has 0 atom stereocenters. The standard InChI is InChI=1S/C9H10.C6H12/c1-3-9-7-5-4-6-8(9)2;1-2-4-6-5-3-1/h3-7H,1H2,2H3;1-6H2. The van der Waals surface area contributed by atoms with Crippen LogP contribution < -0.4 is 0 Å². The van der Waals surface area contributed by atoms with Gasteiger partial charge in [-0.3, -0.25) is 0 Å². The van der Waals surface area contributed by atoms with E-state index < -0.39 is 0 Å². The zero-order chi connectivity index (χ0) is 10.9. The molecule has 0 aromatic heterocycles. The van der Waals surface area contributed by atoms with Crippen LogP contribution in [0.25, 0.3) is 6.08 Å². The van der Waals surface area contributed by atoms with Gasteiger partial charge < -0.3 is 0 Å². The van der Waals surface area contributed by atoms with Crippen molar-refractivity contribution in [3.8, 4) is 0 Å². The maximum Gasteiger partial charge on any atom is -0.0233 e. The second-order valence-corrected chi connectivity index (χ2v) is 4.18. The molecule has 0 nitrogen and oxygen atoms in total. The van der Waals surface area contributed by atoms with Crippen molar-refractivity contribution in [3.05, 3.63) is 42.0 Å². The van der Waals surface area contributed by atoms with E-state index in [4.69, 9.17) is 0 Å². The highest BCUT2D eigenvalue weighted by Gasteiger charge is 1.95. The van der Waals surface area contributed by atoms with Gasteiger partial charge in [-0.2, -0.15) is 0 Å². The van der Waals surface area contributed by atoms with E-state index in [1.165, 1.54) is 49.7 Å². The molecule has 1 aliphatic carbocycles. The molecule has 0 saturated heterocycles. The molecule has 2 rings (SSSR count). The van der Waals surface area contributed by atoms with Crippen molar-refractivity contribution in [2.24, 2.45) is 0 Å². The molecule has 0 heteroatoms. The van der Waals surface area contributed by atoms with Crippen molar-refractivity contribution in [1.29, 1.82) is 0 Å². The summed E-state index contributed by atoms with van der Waals surface area (Å²) in [7, 11) is 0. The second-order valence-electron chi connectivity index (χ2n) is 4.18. The maximum absolute atomic E-state index is 3.69. The minimum atomic E-state index is 1.22. The fourth-order valence-electron chi connectivity index (χ4n) is 1.88. The summed E-state index contributed by atoms with van der Waals surface area (Å²) in [5, 5.41) is 0. The number of rotatable bonds is 1. The average Bonchev–Trinajstić information content (AvgIpc) is 2.33. The summed E-state index contributed by atoms with van der Waals surface area (Å²) >= 11 is 0. The normalized spacial score (nSPS) is 15.0. The van der Waals surface area contributed by atoms with Gasteiger partial charge in [0.05, 0.1) is 0 Å². The van der Waals surface area contributed by atoms with Crippen LogP contribution >= 0.6 is 0 Å². The molecule has 0 unspecified atom stereocenters. The SMILES string of the molecule is C1CCCCC1.C=Cc1ccccc1C. The molecule has 15 heavy (non-hydrogen) atoms. The Labute approximate surface area is 94.0 Å². The minimum absolute atomic E-state index is 1.22. The Balaban J connectivity index is 0.000000162. The second kappa shape index (κ2) is 7.28. The molecule has 1 aliphatic rings. The number of hydrogen-bond acceptors (Lipinski definition) is 0. The van der Waals surface area contributed by atoms with E-state index >= 15 is 0 Å². The van der Waals surface area contributed by atoms with Crippen LogP contribution in [0, 0.1) is 6.92 Å². The Bertz CT molecular complexity index is 270. The zero-order valence-electron chi connectivity index (χ0n) is 9.84. The third-order valence-corrected chi connectivity index (χ3v) is 2.91. The van der Waals surface area contributed by atoms with E-state index in [-0.39, 0.29) is 0 Å². The fourth-order valence-corrected chi connectivity index (χ4v) is 1.88. The Kier molecular flexibility index (Phi) is 5.84. The first-order chi connectivity index (χ1) is 7.34. The van der Waals surface area contributed by atoms with Crippen LogP contribution in [0.3, 0.4) is 0 Å². The van der Waals surface area contributed by atoms with E-state index in [1.54, 1.807) is 0 Å². The molecule has 0 bridgehead atoms. The van der Waals surface area contributed by atoms with Crippen molar-refractivity contribution in [1.82, 2.24) is 0 Å². The first-order valence-corrected chi connectivity index (χ1v) is 6.02. The van der Waals surface area contributed by atoms with E-state index in [0.717, 1.165) is 0 Å². The molecule has 0 amide bonds. The molecule has 0 spiro atoms. The van der Waals surface area contributed by atoms with Crippen molar-refractivity contribution in [2.75, 3.05) is 0 Å². The van der Waals surface area contributed by atoms with E-state index in [0.29, 0.717) is 0 Å². The predicted octanol–water partition coefficient (Wildman–Crippen LogP) is 4.98. The molecule has 1 saturated carbocycles. The van der Waals surface area contributed by atoms with Crippen molar-refractivity contribution >= 4 is 6.08 Å². The summed E-state index contributed by atoms with van der Waals surface area (Å²) in [4.78, 5) is 0. The van der Waals surface area contributed by atoms with Crippen LogP contribution in [0.2, 0.25) is 0 Å². The number of aryl methyl sites for hydroxylation is 1. The van der Waals surface area contributed by atoms with Crippen LogP contribution in [-0.2, 0) is 0 Å². The summed E-state index contributed by atoms with van der Waals surface area (Å²) in [6.07, 6.45) is 10.9. The van der Waals surface area contributed by atoms with Crippen molar-refractivity contribution < 1.29 is 0 Å². The summed E-state index contributed by atoms with van der Waals surface area (Å²) in [6.45, 7) is 5.77. The summed E-state index contributed by atoms with van der Waals surface area (Å²) in [5.74, 6) is 0. The lowest BCUT2D eigenvalue weighted by Crippen LogP contribution is -1.85. The van der Waals surface area contributed by atoms with Crippen molar-refractivity contribution in [2.45, 2.75) is 45.4 Å². The fraction of sp³-hybridized carbons (Fsp3) is 0.467. The molecule has 0 aliphatic heterocycles. The number of benzene rings is 1. The lowest BCUT2D eigenvalue weighted by molar-refractivity contribution is 0.504. The molecule has 0 N–H and O–H groups in total. The number of hydrogen-bond donors (Lipinski definition) is 0. The summed E-state index contributed by atoms with van der Waals surface area (Å²) in [5.41, 5.74) is 2.50. The van der Waals surface area contributed by atoms with Gasteiger partial charge in [0, 0.05) is 0 Å². The van der Waals surface area contributed by atoms with Crippen LogP contribution in [0.4, 0.5) is 0 Å². The van der Waals surface area contributed by atoms with Crippen LogP contribution in [-0.4, -0.2) is 0 Å². The third kappa shape index (κ3) is 4.83. The Hall–Kier alpha value is -1.04. The molecule has 0 radical (unpaired) electrons. The van der Waals surface area contributed by atoms with Crippen LogP contribution in [0.5, 0.6) is 0 Å². The van der Waals surface area contributed by atoms with Gasteiger partial charge >= 0.3 is 0 Å². The summed E-state index contributed by atoms with van der Waals surface area (Å²) in [6, 6.07) is 8.19. The zero-order valence-corrected chi connectivity index (χ0v) is 9.84. The van der Waals surface area contributed by atoms with E-state index in [1.807, 2.05) is 18.2 Å². The summed E-state index contributed by atoms with van der Waals surface area (Å²) < 4.78 is 0. The van der Waals surface area contributed by atoms with Gasteiger partial charge in [0.15, 0.2) is 0 Å². The Morgan fingerprint density at radius 3 is 1.73 bits per heavy atom. The van der Waals surface area contributed by atoms with E-state index in [2.05, 4.69) is 25.6 Å². The first-order valence-electron chi connectivity index (χ1n) is 6.02. The smallest absolute Gasteiger partial charge is 0.0233 e. The molecule has 1 fully saturated rings. The van der Waals surface area contributed by atoms with Crippen LogP contribution in [0.15, 0.2) is 30.8 Å². The highest BCUT2D eigenvalue weighted by atomic mass is 14.0. The van der Waals surface area contributed by atoms with Gasteiger partial charge in [0.2, 0.25) is 0 Å². The molecule has 1 aromatic rings. The Morgan fingerprint density at radius 2 is 1.40 bits per heavy atom. The van der Waals surface area contributed by atoms with Gasteiger partial charge in [-0.1, -0.05) is 75.4 Å². The lowest BCUT2D eigenvalue weighted by atomic mass is 10.0. The van der Waals surface area contributed by atoms with Crippen LogP contribution in [0.1, 0.15) is 49.7 Å². The predicted molar refractivity (Wildman–Crippen MR) is 69.0 cm³/mol. The lowest BCUT2D eigenvalue weighted by Gasteiger charge is -2.05. The van der Waals surface area contributed by atoms with Gasteiger partial charge in [0.25, 0.3) is 0 Å². The largest absolute Gasteiger partial charge is 0.0985 e. The van der Waals surface area contributed by atoms with Gasteiger partial charge in [-0.25, -0.2) is 0 Å². The molecule has 1 aromatic carbocycles. The molecule has 0 heterocycles. The minimum Gasteiger partial charge on any atom is -0.0985 e. The van der Waals surface area contributed by atoms with Gasteiger partial charge in [-0.05, 0) is 18.1 Å². The third-order valence-electron chi connectivity index (χ3n) is 2.91. The monoisotopic (exact) mass is 202 g/mol. The topological polar surface area (TPSA) is 0 Å².